The van der Waals surface area contributed by atoms with Gasteiger partial charge in [0, 0.05) is 13.1 Å². The first-order chi connectivity index (χ1) is 9.22. The van der Waals surface area contributed by atoms with Gasteiger partial charge in [-0.25, -0.2) is 0 Å². The molecule has 0 amide bonds. The average Bonchev–Trinajstić information content (AvgIpc) is 2.43. The fraction of sp³-hybridized carbons (Fsp3) is 0.625. The fourth-order valence-electron chi connectivity index (χ4n) is 3.07. The van der Waals surface area contributed by atoms with Crippen molar-refractivity contribution in [3.05, 3.63) is 24.3 Å². The van der Waals surface area contributed by atoms with E-state index in [9.17, 15) is 0 Å². The summed E-state index contributed by atoms with van der Waals surface area (Å²) in [5, 5.41) is 3.47. The van der Waals surface area contributed by atoms with E-state index in [0.717, 1.165) is 36.4 Å². The van der Waals surface area contributed by atoms with E-state index < -0.39 is 0 Å². The van der Waals surface area contributed by atoms with E-state index >= 15 is 0 Å². The van der Waals surface area contributed by atoms with Crippen LogP contribution in [0.2, 0.25) is 0 Å². The lowest BCUT2D eigenvalue weighted by Crippen LogP contribution is -2.46. The van der Waals surface area contributed by atoms with Crippen molar-refractivity contribution in [3.8, 4) is 5.75 Å². The molecular formula is C16H24N2O. The van der Waals surface area contributed by atoms with Gasteiger partial charge in [0.1, 0.15) is 11.9 Å². The molecule has 104 valence electrons. The second kappa shape index (κ2) is 5.41. The number of benzene rings is 1. The van der Waals surface area contributed by atoms with Crippen LogP contribution in [0.25, 0.3) is 0 Å². The van der Waals surface area contributed by atoms with E-state index in [1.807, 2.05) is 12.1 Å². The van der Waals surface area contributed by atoms with Crippen molar-refractivity contribution in [2.24, 2.45) is 11.8 Å². The van der Waals surface area contributed by atoms with Crippen molar-refractivity contribution >= 4 is 5.69 Å². The zero-order chi connectivity index (χ0) is 13.2. The Balaban J connectivity index is 1.57. The molecule has 0 aromatic heterocycles. The van der Waals surface area contributed by atoms with Gasteiger partial charge in [0.25, 0.3) is 0 Å². The number of piperidine rings is 1. The highest BCUT2D eigenvalue weighted by Gasteiger charge is 2.26. The van der Waals surface area contributed by atoms with Crippen LogP contribution in [0, 0.1) is 11.8 Å². The second-order valence-electron chi connectivity index (χ2n) is 6.12. The molecule has 3 heteroatoms. The molecule has 1 aromatic rings. The first kappa shape index (κ1) is 12.8. The van der Waals surface area contributed by atoms with Crippen LogP contribution in [0.15, 0.2) is 24.3 Å². The van der Waals surface area contributed by atoms with E-state index in [0.29, 0.717) is 0 Å². The minimum absolute atomic E-state index is 0.274. The summed E-state index contributed by atoms with van der Waals surface area (Å²) in [6.07, 6.45) is 1.59. The number of hydrogen-bond acceptors (Lipinski definition) is 3. The molecule has 3 rings (SSSR count). The Morgan fingerprint density at radius 1 is 1.26 bits per heavy atom. The number of hydrogen-bond donors (Lipinski definition) is 1. The van der Waals surface area contributed by atoms with E-state index in [-0.39, 0.29) is 6.10 Å². The smallest absolute Gasteiger partial charge is 0.142 e. The lowest BCUT2D eigenvalue weighted by Gasteiger charge is -2.38. The Hall–Kier alpha value is -1.22. The van der Waals surface area contributed by atoms with Crippen LogP contribution in [0.5, 0.6) is 5.75 Å². The molecule has 2 aliphatic heterocycles. The highest BCUT2D eigenvalue weighted by Crippen LogP contribution is 2.29. The van der Waals surface area contributed by atoms with Gasteiger partial charge >= 0.3 is 0 Å². The third-order valence-corrected chi connectivity index (χ3v) is 4.58. The van der Waals surface area contributed by atoms with Crippen molar-refractivity contribution in [1.82, 2.24) is 4.90 Å². The van der Waals surface area contributed by atoms with Gasteiger partial charge in [-0.2, -0.15) is 0 Å². The molecule has 0 aliphatic carbocycles. The van der Waals surface area contributed by atoms with E-state index in [4.69, 9.17) is 4.74 Å². The second-order valence-corrected chi connectivity index (χ2v) is 6.12. The SMILES string of the molecule is CC1CCN(CC2CNc3ccccc3O2)CC1C. The minimum atomic E-state index is 0.274. The molecule has 1 fully saturated rings. The molecule has 0 bridgehead atoms. The van der Waals surface area contributed by atoms with Crippen LogP contribution in [0.1, 0.15) is 20.3 Å². The van der Waals surface area contributed by atoms with Crippen molar-refractivity contribution in [1.29, 1.82) is 0 Å². The molecule has 0 saturated carbocycles. The number of para-hydroxylation sites is 2. The molecular weight excluding hydrogens is 236 g/mol. The highest BCUT2D eigenvalue weighted by atomic mass is 16.5. The molecule has 19 heavy (non-hydrogen) atoms. The molecule has 3 unspecified atom stereocenters. The van der Waals surface area contributed by atoms with Gasteiger partial charge in [0.2, 0.25) is 0 Å². The van der Waals surface area contributed by atoms with E-state index in [1.54, 1.807) is 0 Å². The van der Waals surface area contributed by atoms with Gasteiger partial charge in [-0.1, -0.05) is 26.0 Å². The monoisotopic (exact) mass is 260 g/mol. The standard InChI is InChI=1S/C16H24N2O/c1-12-7-8-18(10-13(12)2)11-14-9-17-15-5-3-4-6-16(15)19-14/h3-6,12-14,17H,7-11H2,1-2H3. The predicted molar refractivity (Wildman–Crippen MR) is 78.7 cm³/mol. The molecule has 0 radical (unpaired) electrons. The highest BCUT2D eigenvalue weighted by molar-refractivity contribution is 5.57. The van der Waals surface area contributed by atoms with Gasteiger partial charge in [-0.3, -0.25) is 4.90 Å². The lowest BCUT2D eigenvalue weighted by molar-refractivity contribution is 0.0848. The quantitative estimate of drug-likeness (QED) is 0.885. The third kappa shape index (κ3) is 2.86. The minimum Gasteiger partial charge on any atom is -0.485 e. The number of likely N-dealkylation sites (tertiary alicyclic amines) is 1. The molecule has 3 nitrogen and oxygen atoms in total. The van der Waals surface area contributed by atoms with Crippen LogP contribution in [0.3, 0.4) is 0 Å². The maximum absolute atomic E-state index is 6.09. The molecule has 1 aromatic carbocycles. The Morgan fingerprint density at radius 2 is 2.11 bits per heavy atom. The maximum Gasteiger partial charge on any atom is 0.142 e. The topological polar surface area (TPSA) is 24.5 Å². The van der Waals surface area contributed by atoms with Crippen molar-refractivity contribution in [3.63, 3.8) is 0 Å². The largest absolute Gasteiger partial charge is 0.485 e. The molecule has 1 saturated heterocycles. The Labute approximate surface area is 115 Å². The third-order valence-electron chi connectivity index (χ3n) is 4.58. The summed E-state index contributed by atoms with van der Waals surface area (Å²) >= 11 is 0. The predicted octanol–water partition coefficient (Wildman–Crippen LogP) is 2.84. The summed E-state index contributed by atoms with van der Waals surface area (Å²) in [7, 11) is 0. The Bertz CT molecular complexity index is 435. The van der Waals surface area contributed by atoms with Gasteiger partial charge in [0.15, 0.2) is 0 Å². The average molecular weight is 260 g/mol. The van der Waals surface area contributed by atoms with Crippen molar-refractivity contribution in [2.75, 3.05) is 31.5 Å². The van der Waals surface area contributed by atoms with E-state index in [1.165, 1.54) is 19.5 Å². The zero-order valence-corrected chi connectivity index (χ0v) is 11.9. The number of ether oxygens (including phenoxy) is 1. The summed E-state index contributed by atoms with van der Waals surface area (Å²) in [6, 6.07) is 8.21. The van der Waals surface area contributed by atoms with E-state index in [2.05, 4.69) is 36.2 Å². The Morgan fingerprint density at radius 3 is 2.95 bits per heavy atom. The summed E-state index contributed by atoms with van der Waals surface area (Å²) in [4.78, 5) is 2.56. The lowest BCUT2D eigenvalue weighted by atomic mass is 9.88. The van der Waals surface area contributed by atoms with Crippen LogP contribution in [-0.4, -0.2) is 37.2 Å². The van der Waals surface area contributed by atoms with Gasteiger partial charge in [0.05, 0.1) is 12.2 Å². The number of nitrogens with one attached hydrogen (secondary N) is 1. The zero-order valence-electron chi connectivity index (χ0n) is 11.9. The van der Waals surface area contributed by atoms with Crippen molar-refractivity contribution < 1.29 is 4.74 Å². The summed E-state index contributed by atoms with van der Waals surface area (Å²) in [6.45, 7) is 9.12. The van der Waals surface area contributed by atoms with Crippen LogP contribution >= 0.6 is 0 Å². The number of anilines is 1. The fourth-order valence-corrected chi connectivity index (χ4v) is 3.07. The summed E-state index contributed by atoms with van der Waals surface area (Å²) in [5.41, 5.74) is 1.12. The van der Waals surface area contributed by atoms with Crippen LogP contribution in [-0.2, 0) is 0 Å². The first-order valence-corrected chi connectivity index (χ1v) is 7.44. The van der Waals surface area contributed by atoms with Crippen LogP contribution in [0.4, 0.5) is 5.69 Å². The summed E-state index contributed by atoms with van der Waals surface area (Å²) in [5.74, 6) is 2.66. The molecule has 1 N–H and O–H groups in total. The molecule has 0 spiro atoms. The van der Waals surface area contributed by atoms with Gasteiger partial charge < -0.3 is 10.1 Å². The molecule has 2 heterocycles. The van der Waals surface area contributed by atoms with Crippen LogP contribution < -0.4 is 10.1 Å². The number of nitrogens with zero attached hydrogens (tertiary/aromatic N) is 1. The number of rotatable bonds is 2. The number of fused-ring (bicyclic) bond motifs is 1. The maximum atomic E-state index is 6.09. The first-order valence-electron chi connectivity index (χ1n) is 7.44. The van der Waals surface area contributed by atoms with Gasteiger partial charge in [-0.15, -0.1) is 0 Å². The van der Waals surface area contributed by atoms with Gasteiger partial charge in [-0.05, 0) is 36.9 Å². The normalized spacial score (nSPS) is 31.2. The summed E-state index contributed by atoms with van der Waals surface area (Å²) < 4.78 is 6.09. The Kier molecular flexibility index (Phi) is 3.65. The van der Waals surface area contributed by atoms with Crippen molar-refractivity contribution in [2.45, 2.75) is 26.4 Å². The molecule has 3 atom stereocenters. The molecule has 2 aliphatic rings.